The quantitative estimate of drug-likeness (QED) is 0.688. The highest BCUT2D eigenvalue weighted by molar-refractivity contribution is 5.94. The van der Waals surface area contributed by atoms with E-state index in [1.54, 1.807) is 0 Å². The maximum absolute atomic E-state index is 12.8. The lowest BCUT2D eigenvalue weighted by atomic mass is 9.84. The molecule has 1 N–H and O–H groups in total. The van der Waals surface area contributed by atoms with Crippen molar-refractivity contribution in [3.05, 3.63) is 29.8 Å². The van der Waals surface area contributed by atoms with Crippen molar-refractivity contribution in [1.29, 1.82) is 0 Å². The molecule has 2 atom stereocenters. The van der Waals surface area contributed by atoms with Crippen molar-refractivity contribution in [3.63, 3.8) is 0 Å². The van der Waals surface area contributed by atoms with Gasteiger partial charge in [-0.15, -0.1) is 0 Å². The smallest absolute Gasteiger partial charge is 0.309 e. The van der Waals surface area contributed by atoms with Crippen LogP contribution in [0.3, 0.4) is 0 Å². The van der Waals surface area contributed by atoms with E-state index in [-0.39, 0.29) is 17.9 Å². The summed E-state index contributed by atoms with van der Waals surface area (Å²) < 4.78 is 11.4. The molecule has 1 aromatic carbocycles. The maximum Gasteiger partial charge on any atom is 0.309 e. The number of nitrogens with zero attached hydrogens (tertiary/aromatic N) is 1. The van der Waals surface area contributed by atoms with Gasteiger partial charge >= 0.3 is 5.97 Å². The molecule has 1 unspecified atom stereocenters. The number of amides is 1. The van der Waals surface area contributed by atoms with E-state index in [2.05, 4.69) is 6.92 Å². The number of carbonyl (C=O) groups is 2. The third kappa shape index (κ3) is 5.04. The number of hydrogen-bond donors (Lipinski definition) is 1. The highest BCUT2D eigenvalue weighted by Gasteiger charge is 2.40. The summed E-state index contributed by atoms with van der Waals surface area (Å²) in [7, 11) is 0. The first-order valence-corrected chi connectivity index (χ1v) is 10.5. The van der Waals surface area contributed by atoms with Crippen LogP contribution in [0.25, 0.3) is 0 Å². The summed E-state index contributed by atoms with van der Waals surface area (Å²) in [5, 5.41) is 9.35. The average molecular weight is 389 g/mol. The van der Waals surface area contributed by atoms with Crippen LogP contribution >= 0.6 is 0 Å². The van der Waals surface area contributed by atoms with Gasteiger partial charge in [-0.25, -0.2) is 0 Å². The molecule has 0 spiro atoms. The molecule has 1 aromatic rings. The summed E-state index contributed by atoms with van der Waals surface area (Å²) in [6.07, 6.45) is 5.32. The van der Waals surface area contributed by atoms with Gasteiger partial charge in [0, 0.05) is 25.3 Å². The molecule has 28 heavy (non-hydrogen) atoms. The molecule has 3 rings (SSSR count). The molecule has 0 saturated carbocycles. The molecule has 2 heterocycles. The number of benzene rings is 1. The van der Waals surface area contributed by atoms with Crippen molar-refractivity contribution in [2.24, 2.45) is 11.8 Å². The standard InChI is InChI=1S/C22H31NO5/c1-2-3-4-14-27-18-7-5-17(6-8-18)21(24)23-12-9-16(10-13-23)20-19(22(25)26)11-15-28-20/h5-8,16,19-20H,2-4,9-15H2,1H3,(H,25,26)/t19?,20-/m0/s1. The molecular formula is C22H31NO5. The highest BCUT2D eigenvalue weighted by atomic mass is 16.5. The second-order valence-corrected chi connectivity index (χ2v) is 7.78. The number of carboxylic acids is 1. The molecule has 2 fully saturated rings. The van der Waals surface area contributed by atoms with Crippen LogP contribution in [0.5, 0.6) is 5.75 Å². The largest absolute Gasteiger partial charge is 0.494 e. The number of carboxylic acid groups (broad SMARTS) is 1. The van der Waals surface area contributed by atoms with Gasteiger partial charge in [0.05, 0.1) is 18.6 Å². The van der Waals surface area contributed by atoms with Crippen LogP contribution in [-0.2, 0) is 9.53 Å². The number of ether oxygens (including phenoxy) is 2. The molecule has 154 valence electrons. The molecule has 2 aliphatic heterocycles. The summed E-state index contributed by atoms with van der Waals surface area (Å²) in [6, 6.07) is 7.36. The number of piperidine rings is 1. The molecule has 6 heteroatoms. The Balaban J connectivity index is 1.49. The zero-order chi connectivity index (χ0) is 19.9. The number of hydrogen-bond acceptors (Lipinski definition) is 4. The fraction of sp³-hybridized carbons (Fsp3) is 0.636. The second-order valence-electron chi connectivity index (χ2n) is 7.78. The van der Waals surface area contributed by atoms with E-state index in [1.807, 2.05) is 29.2 Å². The van der Waals surface area contributed by atoms with E-state index in [9.17, 15) is 14.7 Å². The average Bonchev–Trinajstić information content (AvgIpc) is 3.22. The van der Waals surface area contributed by atoms with Crippen molar-refractivity contribution in [2.45, 2.75) is 51.6 Å². The predicted octanol–water partition coefficient (Wildman–Crippen LogP) is 3.60. The zero-order valence-electron chi connectivity index (χ0n) is 16.6. The van der Waals surface area contributed by atoms with Crippen molar-refractivity contribution in [1.82, 2.24) is 4.90 Å². The number of carbonyl (C=O) groups excluding carboxylic acids is 1. The number of aliphatic carboxylic acids is 1. The molecule has 0 bridgehead atoms. The molecule has 0 radical (unpaired) electrons. The second kappa shape index (κ2) is 9.92. The first kappa shape index (κ1) is 20.6. The van der Waals surface area contributed by atoms with Gasteiger partial charge in [-0.1, -0.05) is 19.8 Å². The Hall–Kier alpha value is -2.08. The lowest BCUT2D eigenvalue weighted by Gasteiger charge is -2.35. The Bertz CT molecular complexity index is 651. The van der Waals surface area contributed by atoms with Gasteiger partial charge in [0.25, 0.3) is 5.91 Å². The van der Waals surface area contributed by atoms with Gasteiger partial charge in [-0.2, -0.15) is 0 Å². The molecule has 2 saturated heterocycles. The fourth-order valence-corrected chi connectivity index (χ4v) is 4.19. The van der Waals surface area contributed by atoms with Crippen molar-refractivity contribution in [2.75, 3.05) is 26.3 Å². The van der Waals surface area contributed by atoms with E-state index in [0.717, 1.165) is 37.9 Å². The van der Waals surface area contributed by atoms with Gasteiger partial charge in [-0.05, 0) is 55.9 Å². The zero-order valence-corrected chi connectivity index (χ0v) is 16.6. The van der Waals surface area contributed by atoms with Gasteiger partial charge < -0.3 is 19.5 Å². The Morgan fingerprint density at radius 1 is 1.14 bits per heavy atom. The predicted molar refractivity (Wildman–Crippen MR) is 106 cm³/mol. The Kier molecular flexibility index (Phi) is 7.31. The molecule has 0 aliphatic carbocycles. The minimum Gasteiger partial charge on any atom is -0.494 e. The van der Waals surface area contributed by atoms with Gasteiger partial charge in [0.2, 0.25) is 0 Å². The first-order chi connectivity index (χ1) is 13.6. The third-order valence-corrected chi connectivity index (χ3v) is 5.86. The van der Waals surface area contributed by atoms with Gasteiger partial charge in [0.15, 0.2) is 0 Å². The maximum atomic E-state index is 12.8. The minimum absolute atomic E-state index is 0.0260. The number of likely N-dealkylation sites (tertiary alicyclic amines) is 1. The van der Waals surface area contributed by atoms with Crippen molar-refractivity contribution >= 4 is 11.9 Å². The summed E-state index contributed by atoms with van der Waals surface area (Å²) in [6.45, 7) is 4.67. The molecule has 6 nitrogen and oxygen atoms in total. The first-order valence-electron chi connectivity index (χ1n) is 10.5. The van der Waals surface area contributed by atoms with E-state index in [1.165, 1.54) is 0 Å². The monoisotopic (exact) mass is 389 g/mol. The fourth-order valence-electron chi connectivity index (χ4n) is 4.19. The summed E-state index contributed by atoms with van der Waals surface area (Å²) in [5.41, 5.74) is 0.667. The Labute approximate surface area is 166 Å². The van der Waals surface area contributed by atoms with E-state index in [0.29, 0.717) is 38.3 Å². The molecule has 1 amide bonds. The van der Waals surface area contributed by atoms with E-state index < -0.39 is 11.9 Å². The molecule has 0 aromatic heterocycles. The Morgan fingerprint density at radius 3 is 2.50 bits per heavy atom. The van der Waals surface area contributed by atoms with Crippen molar-refractivity contribution in [3.8, 4) is 5.75 Å². The molecule has 2 aliphatic rings. The Morgan fingerprint density at radius 2 is 1.86 bits per heavy atom. The lowest BCUT2D eigenvalue weighted by molar-refractivity contribution is -0.145. The summed E-state index contributed by atoms with van der Waals surface area (Å²) >= 11 is 0. The van der Waals surface area contributed by atoms with Crippen LogP contribution in [0, 0.1) is 11.8 Å². The third-order valence-electron chi connectivity index (χ3n) is 5.86. The van der Waals surface area contributed by atoms with Crippen LogP contribution in [0.1, 0.15) is 55.8 Å². The van der Waals surface area contributed by atoms with Crippen LogP contribution < -0.4 is 4.74 Å². The van der Waals surface area contributed by atoms with Crippen LogP contribution in [0.15, 0.2) is 24.3 Å². The van der Waals surface area contributed by atoms with Crippen LogP contribution in [0.2, 0.25) is 0 Å². The SMILES string of the molecule is CCCCCOc1ccc(C(=O)N2CCC([C@@H]3OCCC3C(=O)O)CC2)cc1. The van der Waals surface area contributed by atoms with Crippen LogP contribution in [0.4, 0.5) is 0 Å². The van der Waals surface area contributed by atoms with Gasteiger partial charge in [-0.3, -0.25) is 9.59 Å². The van der Waals surface area contributed by atoms with Gasteiger partial charge in [0.1, 0.15) is 5.75 Å². The number of unbranched alkanes of at least 4 members (excludes halogenated alkanes) is 2. The van der Waals surface area contributed by atoms with E-state index >= 15 is 0 Å². The minimum atomic E-state index is -0.766. The summed E-state index contributed by atoms with van der Waals surface area (Å²) in [4.78, 5) is 26.0. The lowest BCUT2D eigenvalue weighted by Crippen LogP contribution is -2.43. The van der Waals surface area contributed by atoms with Crippen molar-refractivity contribution < 1.29 is 24.2 Å². The van der Waals surface area contributed by atoms with Crippen LogP contribution in [-0.4, -0.2) is 54.3 Å². The molecular weight excluding hydrogens is 358 g/mol. The normalized spacial score (nSPS) is 23.0. The number of rotatable bonds is 8. The van der Waals surface area contributed by atoms with E-state index in [4.69, 9.17) is 9.47 Å². The summed E-state index contributed by atoms with van der Waals surface area (Å²) in [5.74, 6) is -0.135. The highest BCUT2D eigenvalue weighted by Crippen LogP contribution is 2.33. The topological polar surface area (TPSA) is 76.1 Å².